The molecule has 106 valence electrons. The van der Waals surface area contributed by atoms with E-state index in [9.17, 15) is 14.3 Å². The van der Waals surface area contributed by atoms with E-state index in [1.807, 2.05) is 0 Å². The summed E-state index contributed by atoms with van der Waals surface area (Å²) >= 11 is 6.20. The molecule has 5 nitrogen and oxygen atoms in total. The fourth-order valence-corrected chi connectivity index (χ4v) is 2.30. The minimum Gasteiger partial charge on any atom is -0.478 e. The molecular weight excluding hydrogens is 297 g/mol. The second-order valence-electron chi connectivity index (χ2n) is 4.30. The number of para-hydroxylation sites is 1. The third-order valence-corrected chi connectivity index (χ3v) is 3.34. The highest BCUT2D eigenvalue weighted by atomic mass is 35.5. The third kappa shape index (κ3) is 2.30. The zero-order valence-electron chi connectivity index (χ0n) is 10.5. The summed E-state index contributed by atoms with van der Waals surface area (Å²) in [5.74, 6) is -1.68. The molecule has 0 amide bonds. The van der Waals surface area contributed by atoms with Crippen molar-refractivity contribution in [2.24, 2.45) is 0 Å². The second kappa shape index (κ2) is 5.06. The lowest BCUT2D eigenvalue weighted by atomic mass is 10.2. The molecular formula is C14H9ClFN3O2. The summed E-state index contributed by atoms with van der Waals surface area (Å²) in [6.07, 6.45) is 4.46. The summed E-state index contributed by atoms with van der Waals surface area (Å²) in [5, 5.41) is 12.2. The summed E-state index contributed by atoms with van der Waals surface area (Å²) < 4.78 is 15.2. The molecule has 0 saturated carbocycles. The van der Waals surface area contributed by atoms with Crippen LogP contribution in [-0.2, 0) is 0 Å². The molecule has 0 spiro atoms. The van der Waals surface area contributed by atoms with Crippen molar-refractivity contribution in [3.63, 3.8) is 0 Å². The number of pyridine rings is 1. The molecule has 1 aromatic carbocycles. The molecule has 3 aromatic rings. The van der Waals surface area contributed by atoms with Gasteiger partial charge < -0.3 is 14.8 Å². The molecule has 2 N–H and O–H groups in total. The van der Waals surface area contributed by atoms with E-state index in [0.717, 1.165) is 0 Å². The quantitative estimate of drug-likeness (QED) is 0.776. The van der Waals surface area contributed by atoms with Gasteiger partial charge in [-0.1, -0.05) is 23.7 Å². The van der Waals surface area contributed by atoms with Crippen molar-refractivity contribution in [3.8, 4) is 0 Å². The minimum absolute atomic E-state index is 0.0752. The minimum atomic E-state index is -1.17. The Morgan fingerprint density at radius 3 is 2.86 bits per heavy atom. The molecule has 0 unspecified atom stereocenters. The largest absolute Gasteiger partial charge is 0.478 e. The molecule has 0 bridgehead atoms. The molecule has 3 rings (SSSR count). The van der Waals surface area contributed by atoms with Crippen molar-refractivity contribution in [3.05, 3.63) is 59.3 Å². The molecule has 2 heterocycles. The van der Waals surface area contributed by atoms with Crippen molar-refractivity contribution >= 4 is 34.6 Å². The monoisotopic (exact) mass is 305 g/mol. The third-order valence-electron chi connectivity index (χ3n) is 2.99. The first kappa shape index (κ1) is 13.4. The first-order valence-corrected chi connectivity index (χ1v) is 6.35. The van der Waals surface area contributed by atoms with Gasteiger partial charge in [-0.15, -0.1) is 0 Å². The first-order chi connectivity index (χ1) is 10.1. The Balaban J connectivity index is 2.20. The number of fused-ring (bicyclic) bond motifs is 1. The molecule has 2 aromatic heterocycles. The van der Waals surface area contributed by atoms with Crippen LogP contribution in [0.4, 0.5) is 15.8 Å². The number of hydrogen-bond donors (Lipinski definition) is 2. The van der Waals surface area contributed by atoms with Crippen LogP contribution >= 0.6 is 11.6 Å². The van der Waals surface area contributed by atoms with Gasteiger partial charge in [0, 0.05) is 18.6 Å². The zero-order chi connectivity index (χ0) is 15.0. The number of nitrogens with one attached hydrogen (secondary N) is 1. The summed E-state index contributed by atoms with van der Waals surface area (Å²) in [6, 6.07) is 5.93. The van der Waals surface area contributed by atoms with Gasteiger partial charge in [-0.3, -0.25) is 0 Å². The van der Waals surface area contributed by atoms with Gasteiger partial charge in [0.1, 0.15) is 16.4 Å². The van der Waals surface area contributed by atoms with Gasteiger partial charge in [-0.2, -0.15) is 0 Å². The van der Waals surface area contributed by atoms with Crippen LogP contribution in [0.1, 0.15) is 10.4 Å². The van der Waals surface area contributed by atoms with E-state index in [1.54, 1.807) is 12.3 Å². The highest BCUT2D eigenvalue weighted by Crippen LogP contribution is 2.33. The topological polar surface area (TPSA) is 66.6 Å². The Kier molecular flexibility index (Phi) is 3.23. The summed E-state index contributed by atoms with van der Waals surface area (Å²) in [4.78, 5) is 15.4. The lowest BCUT2D eigenvalue weighted by molar-refractivity contribution is 0.0697. The summed E-state index contributed by atoms with van der Waals surface area (Å²) in [5.41, 5.74) is 0.556. The van der Waals surface area contributed by atoms with Gasteiger partial charge in [-0.25, -0.2) is 14.2 Å². The molecule has 0 radical (unpaired) electrons. The average Bonchev–Trinajstić information content (AvgIpc) is 2.92. The molecule has 7 heteroatoms. The predicted octanol–water partition coefficient (Wildman–Crippen LogP) is 3.57. The van der Waals surface area contributed by atoms with Crippen LogP contribution in [0, 0.1) is 5.82 Å². The van der Waals surface area contributed by atoms with E-state index in [1.165, 1.54) is 35.0 Å². The fourth-order valence-electron chi connectivity index (χ4n) is 2.00. The maximum atomic E-state index is 13.7. The molecule has 0 saturated heterocycles. The van der Waals surface area contributed by atoms with Gasteiger partial charge in [0.25, 0.3) is 0 Å². The number of halogens is 2. The molecule has 0 aliphatic heterocycles. The molecule has 0 fully saturated rings. The predicted molar refractivity (Wildman–Crippen MR) is 76.8 cm³/mol. The van der Waals surface area contributed by atoms with Crippen molar-refractivity contribution in [2.45, 2.75) is 0 Å². The van der Waals surface area contributed by atoms with E-state index in [4.69, 9.17) is 11.6 Å². The Labute approximate surface area is 123 Å². The van der Waals surface area contributed by atoms with Crippen LogP contribution in [0.2, 0.25) is 5.02 Å². The number of benzene rings is 1. The number of carboxylic acid groups (broad SMARTS) is 1. The maximum absolute atomic E-state index is 13.7. The van der Waals surface area contributed by atoms with E-state index in [2.05, 4.69) is 10.3 Å². The molecule has 0 atom stereocenters. The number of aromatic carboxylic acids is 1. The lowest BCUT2D eigenvalue weighted by Gasteiger charge is -2.13. The van der Waals surface area contributed by atoms with Gasteiger partial charge in [0.05, 0.1) is 11.4 Å². The van der Waals surface area contributed by atoms with Gasteiger partial charge >= 0.3 is 5.97 Å². The number of imidazole rings is 1. The maximum Gasteiger partial charge on any atom is 0.339 e. The van der Waals surface area contributed by atoms with Crippen LogP contribution in [0.15, 0.2) is 42.9 Å². The normalized spacial score (nSPS) is 10.8. The second-order valence-corrected chi connectivity index (χ2v) is 4.68. The number of carbonyl (C=O) groups is 1. The van der Waals surface area contributed by atoms with E-state index in [0.29, 0.717) is 5.65 Å². The van der Waals surface area contributed by atoms with E-state index in [-0.39, 0.29) is 22.0 Å². The summed E-state index contributed by atoms with van der Waals surface area (Å²) in [6.45, 7) is 0. The number of rotatable bonds is 3. The average molecular weight is 306 g/mol. The van der Waals surface area contributed by atoms with Crippen LogP contribution in [0.3, 0.4) is 0 Å². The molecule has 21 heavy (non-hydrogen) atoms. The van der Waals surface area contributed by atoms with Crippen molar-refractivity contribution in [2.75, 3.05) is 5.32 Å². The Hall–Kier alpha value is -2.60. The smallest absolute Gasteiger partial charge is 0.339 e. The van der Waals surface area contributed by atoms with Crippen LogP contribution in [-0.4, -0.2) is 20.5 Å². The standard InChI is InChI=1S/C14H9ClFN3O2/c15-11-12(18-10-4-2-1-3-9(10)16)8(14(20)21)7-19-6-5-17-13(11)19/h1-7,18H,(H,20,21). The van der Waals surface area contributed by atoms with Crippen molar-refractivity contribution in [1.29, 1.82) is 0 Å². The Bertz CT molecular complexity index is 847. The van der Waals surface area contributed by atoms with Crippen LogP contribution < -0.4 is 5.32 Å². The Morgan fingerprint density at radius 2 is 2.14 bits per heavy atom. The SMILES string of the molecule is O=C(O)c1cn2ccnc2c(Cl)c1Nc1ccccc1F. The lowest BCUT2D eigenvalue weighted by Crippen LogP contribution is -2.07. The number of nitrogens with zero attached hydrogens (tertiary/aromatic N) is 2. The fraction of sp³-hybridized carbons (Fsp3) is 0. The van der Waals surface area contributed by atoms with E-state index >= 15 is 0 Å². The summed E-state index contributed by atoms with van der Waals surface area (Å²) in [7, 11) is 0. The molecule has 0 aliphatic rings. The first-order valence-electron chi connectivity index (χ1n) is 5.98. The zero-order valence-corrected chi connectivity index (χ0v) is 11.3. The van der Waals surface area contributed by atoms with Crippen LogP contribution in [0.5, 0.6) is 0 Å². The van der Waals surface area contributed by atoms with Gasteiger partial charge in [-0.05, 0) is 12.1 Å². The number of aromatic nitrogens is 2. The number of hydrogen-bond acceptors (Lipinski definition) is 3. The van der Waals surface area contributed by atoms with Crippen molar-refractivity contribution < 1.29 is 14.3 Å². The van der Waals surface area contributed by atoms with E-state index < -0.39 is 11.8 Å². The molecule has 0 aliphatic carbocycles. The van der Waals surface area contributed by atoms with Gasteiger partial charge in [0.2, 0.25) is 0 Å². The van der Waals surface area contributed by atoms with Crippen LogP contribution in [0.25, 0.3) is 5.65 Å². The number of carboxylic acids is 1. The Morgan fingerprint density at radius 1 is 1.38 bits per heavy atom. The highest BCUT2D eigenvalue weighted by molar-refractivity contribution is 6.37. The number of anilines is 2. The highest BCUT2D eigenvalue weighted by Gasteiger charge is 2.19. The van der Waals surface area contributed by atoms with Gasteiger partial charge in [0.15, 0.2) is 5.65 Å². The van der Waals surface area contributed by atoms with Crippen molar-refractivity contribution in [1.82, 2.24) is 9.38 Å².